The predicted molar refractivity (Wildman–Crippen MR) is 105 cm³/mol. The number of pyridine rings is 1. The molecule has 2 aromatic carbocycles. The highest BCUT2D eigenvalue weighted by Crippen LogP contribution is 2.37. The van der Waals surface area contributed by atoms with Crippen LogP contribution in [0.15, 0.2) is 59.6 Å². The third-order valence-corrected chi connectivity index (χ3v) is 6.20. The van der Waals surface area contributed by atoms with Gasteiger partial charge < -0.3 is 4.74 Å². The van der Waals surface area contributed by atoms with Gasteiger partial charge in [0.1, 0.15) is 17.3 Å². The molecule has 1 aliphatic carbocycles. The lowest BCUT2D eigenvalue weighted by molar-refractivity contribution is 0.460. The second kappa shape index (κ2) is 7.24. The molecule has 0 radical (unpaired) electrons. The minimum atomic E-state index is -3.90. The number of aromatic nitrogens is 1. The molecular weight excluding hydrogens is 379 g/mol. The van der Waals surface area contributed by atoms with Crippen molar-refractivity contribution in [3.05, 3.63) is 77.2 Å². The lowest BCUT2D eigenvalue weighted by Gasteiger charge is -2.15. The lowest BCUT2D eigenvalue weighted by Crippen LogP contribution is -2.14. The van der Waals surface area contributed by atoms with E-state index in [9.17, 15) is 12.8 Å². The first kappa shape index (κ1) is 18.4. The summed E-state index contributed by atoms with van der Waals surface area (Å²) in [5.41, 5.74) is 3.90. The number of halogens is 1. The molecule has 5 nitrogen and oxygen atoms in total. The van der Waals surface area contributed by atoms with E-state index in [0.29, 0.717) is 5.75 Å². The highest BCUT2D eigenvalue weighted by molar-refractivity contribution is 7.92. The highest BCUT2D eigenvalue weighted by Gasteiger charge is 2.21. The third kappa shape index (κ3) is 3.57. The minimum Gasteiger partial charge on any atom is -0.437 e. The number of rotatable bonds is 5. The minimum absolute atomic E-state index is 0.0417. The summed E-state index contributed by atoms with van der Waals surface area (Å²) < 4.78 is 46.9. The Morgan fingerprint density at radius 1 is 1.04 bits per heavy atom. The van der Waals surface area contributed by atoms with Gasteiger partial charge in [0, 0.05) is 6.20 Å². The Hall–Kier alpha value is -2.93. The number of hydrogen-bond acceptors (Lipinski definition) is 4. The first-order chi connectivity index (χ1) is 13.4. The Morgan fingerprint density at radius 3 is 2.57 bits per heavy atom. The number of fused-ring (bicyclic) bond motifs is 1. The summed E-state index contributed by atoms with van der Waals surface area (Å²) in [5.74, 6) is 0.364. The number of ether oxygens (including phenoxy) is 1. The smallest absolute Gasteiger partial charge is 0.262 e. The Bertz CT molecular complexity index is 1130. The zero-order valence-corrected chi connectivity index (χ0v) is 16.1. The molecule has 28 heavy (non-hydrogen) atoms. The Labute approximate surface area is 163 Å². The summed E-state index contributed by atoms with van der Waals surface area (Å²) in [5, 5.41) is 0. The van der Waals surface area contributed by atoms with Crippen molar-refractivity contribution in [1.82, 2.24) is 4.98 Å². The summed E-state index contributed by atoms with van der Waals surface area (Å²) in [6.45, 7) is 2.08. The van der Waals surface area contributed by atoms with Gasteiger partial charge >= 0.3 is 0 Å². The largest absolute Gasteiger partial charge is 0.437 e. The van der Waals surface area contributed by atoms with E-state index < -0.39 is 15.8 Å². The van der Waals surface area contributed by atoms with Crippen molar-refractivity contribution in [2.75, 3.05) is 4.72 Å². The molecule has 144 valence electrons. The maximum absolute atomic E-state index is 13.1. The van der Waals surface area contributed by atoms with Gasteiger partial charge in [-0.05, 0) is 85.3 Å². The molecule has 0 bridgehead atoms. The summed E-state index contributed by atoms with van der Waals surface area (Å²) >= 11 is 0. The first-order valence-electron chi connectivity index (χ1n) is 8.97. The van der Waals surface area contributed by atoms with Gasteiger partial charge in [-0.25, -0.2) is 17.8 Å². The average Bonchev–Trinajstić information content (AvgIpc) is 3.17. The molecule has 0 spiro atoms. The molecule has 3 aromatic rings. The first-order valence-corrected chi connectivity index (χ1v) is 10.4. The molecule has 0 saturated carbocycles. The number of sulfonamides is 1. The maximum atomic E-state index is 13.1. The molecule has 0 fully saturated rings. The van der Waals surface area contributed by atoms with Crippen molar-refractivity contribution in [3.63, 3.8) is 0 Å². The highest BCUT2D eigenvalue weighted by atomic mass is 32.2. The number of aryl methyl sites for hydroxylation is 1. The standard InChI is InChI=1S/C21H19FN2O3S/c1-14-7-12-20(18-5-2-4-17(14)18)27-21-19(6-3-13-23-21)24-28(25,26)16-10-8-15(22)9-11-16/h3,6-13,24H,2,4-5H2,1H3. The summed E-state index contributed by atoms with van der Waals surface area (Å²) in [7, 11) is -3.90. The quantitative estimate of drug-likeness (QED) is 0.681. The van der Waals surface area contributed by atoms with E-state index in [-0.39, 0.29) is 16.5 Å². The Morgan fingerprint density at radius 2 is 1.79 bits per heavy atom. The van der Waals surface area contributed by atoms with Crippen LogP contribution in [-0.4, -0.2) is 13.4 Å². The van der Waals surface area contributed by atoms with E-state index in [2.05, 4.69) is 16.6 Å². The maximum Gasteiger partial charge on any atom is 0.262 e. The molecule has 0 saturated heterocycles. The van der Waals surface area contributed by atoms with E-state index >= 15 is 0 Å². The lowest BCUT2D eigenvalue weighted by atomic mass is 10.0. The topological polar surface area (TPSA) is 68.3 Å². The van der Waals surface area contributed by atoms with Crippen molar-refractivity contribution in [2.45, 2.75) is 31.1 Å². The van der Waals surface area contributed by atoms with Gasteiger partial charge in [0.15, 0.2) is 0 Å². The molecule has 1 aromatic heterocycles. The van der Waals surface area contributed by atoms with E-state index in [0.717, 1.165) is 37.0 Å². The van der Waals surface area contributed by atoms with Crippen LogP contribution in [0.4, 0.5) is 10.1 Å². The molecule has 1 aliphatic rings. The SMILES string of the molecule is Cc1ccc(Oc2ncccc2NS(=O)(=O)c2ccc(F)cc2)c2c1CCC2. The van der Waals surface area contributed by atoms with Gasteiger partial charge in [0.05, 0.1) is 4.90 Å². The summed E-state index contributed by atoms with van der Waals surface area (Å²) in [6.07, 6.45) is 4.56. The molecule has 0 amide bonds. The van der Waals surface area contributed by atoms with Crippen LogP contribution in [0.5, 0.6) is 11.6 Å². The summed E-state index contributed by atoms with van der Waals surface area (Å²) in [4.78, 5) is 4.16. The Balaban J connectivity index is 1.65. The predicted octanol–water partition coefficient (Wildman–Crippen LogP) is 4.61. The van der Waals surface area contributed by atoms with Gasteiger partial charge in [-0.1, -0.05) is 6.07 Å². The van der Waals surface area contributed by atoms with E-state index in [1.807, 2.05) is 12.1 Å². The van der Waals surface area contributed by atoms with Gasteiger partial charge in [-0.15, -0.1) is 0 Å². The second-order valence-corrected chi connectivity index (χ2v) is 8.39. The Kier molecular flexibility index (Phi) is 4.77. The van der Waals surface area contributed by atoms with Crippen LogP contribution >= 0.6 is 0 Å². The van der Waals surface area contributed by atoms with Crippen LogP contribution in [0.1, 0.15) is 23.1 Å². The van der Waals surface area contributed by atoms with Crippen LogP contribution < -0.4 is 9.46 Å². The van der Waals surface area contributed by atoms with Crippen molar-refractivity contribution < 1.29 is 17.5 Å². The molecule has 7 heteroatoms. The zero-order chi connectivity index (χ0) is 19.7. The second-order valence-electron chi connectivity index (χ2n) is 6.71. The van der Waals surface area contributed by atoms with Crippen molar-refractivity contribution in [1.29, 1.82) is 0 Å². The molecule has 0 aliphatic heterocycles. The fourth-order valence-corrected chi connectivity index (χ4v) is 4.48. The average molecular weight is 398 g/mol. The van der Waals surface area contributed by atoms with Crippen LogP contribution in [0, 0.1) is 12.7 Å². The number of benzene rings is 2. The molecule has 1 N–H and O–H groups in total. The van der Waals surface area contributed by atoms with Crippen molar-refractivity contribution in [3.8, 4) is 11.6 Å². The van der Waals surface area contributed by atoms with Crippen LogP contribution in [0.25, 0.3) is 0 Å². The van der Waals surface area contributed by atoms with Crippen LogP contribution in [0.2, 0.25) is 0 Å². The normalized spacial score (nSPS) is 13.2. The van der Waals surface area contributed by atoms with Gasteiger partial charge in [0.25, 0.3) is 10.0 Å². The van der Waals surface area contributed by atoms with Crippen molar-refractivity contribution >= 4 is 15.7 Å². The number of nitrogens with one attached hydrogen (secondary N) is 1. The fraction of sp³-hybridized carbons (Fsp3) is 0.190. The van der Waals surface area contributed by atoms with E-state index in [4.69, 9.17) is 4.74 Å². The van der Waals surface area contributed by atoms with Crippen LogP contribution in [-0.2, 0) is 22.9 Å². The van der Waals surface area contributed by atoms with E-state index in [1.54, 1.807) is 18.3 Å². The molecule has 0 unspecified atom stereocenters. The number of hydrogen-bond donors (Lipinski definition) is 1. The van der Waals surface area contributed by atoms with Crippen LogP contribution in [0.3, 0.4) is 0 Å². The number of anilines is 1. The van der Waals surface area contributed by atoms with Gasteiger partial charge in [-0.3, -0.25) is 4.72 Å². The van der Waals surface area contributed by atoms with Gasteiger partial charge in [0.2, 0.25) is 5.88 Å². The fourth-order valence-electron chi connectivity index (χ4n) is 3.42. The zero-order valence-electron chi connectivity index (χ0n) is 15.3. The van der Waals surface area contributed by atoms with E-state index in [1.165, 1.54) is 23.3 Å². The summed E-state index contributed by atoms with van der Waals surface area (Å²) in [6, 6.07) is 11.7. The van der Waals surface area contributed by atoms with Crippen molar-refractivity contribution in [2.24, 2.45) is 0 Å². The molecule has 0 atom stereocenters. The third-order valence-electron chi connectivity index (χ3n) is 4.82. The molecular formula is C21H19FN2O3S. The van der Waals surface area contributed by atoms with Gasteiger partial charge in [-0.2, -0.15) is 0 Å². The molecule has 1 heterocycles. The molecule has 4 rings (SSSR count). The number of nitrogens with zero attached hydrogens (tertiary/aromatic N) is 1. The monoisotopic (exact) mass is 398 g/mol.